The molecule has 80 valence electrons. The summed E-state index contributed by atoms with van der Waals surface area (Å²) < 4.78 is 1.79. The largest absolute Gasteiger partial charge is 0.396 e. The molecule has 2 aromatic rings. The second-order valence-electron chi connectivity index (χ2n) is 3.40. The number of hydrogen-bond donors (Lipinski definition) is 2. The van der Waals surface area contributed by atoms with Gasteiger partial charge in [0.25, 0.3) is 0 Å². The maximum atomic E-state index is 8.79. The molecule has 0 spiro atoms. The number of rotatable bonds is 4. The van der Waals surface area contributed by atoms with Crippen molar-refractivity contribution in [2.24, 2.45) is 0 Å². The van der Waals surface area contributed by atoms with E-state index in [-0.39, 0.29) is 12.6 Å². The molecule has 2 aromatic heterocycles. The normalized spacial score (nSPS) is 12.9. The molecule has 0 saturated carbocycles. The molecule has 0 amide bonds. The highest BCUT2D eigenvalue weighted by Crippen LogP contribution is 2.11. The van der Waals surface area contributed by atoms with Crippen molar-refractivity contribution in [2.75, 3.05) is 11.9 Å². The summed E-state index contributed by atoms with van der Waals surface area (Å²) >= 11 is 0. The van der Waals surface area contributed by atoms with Gasteiger partial charge >= 0.3 is 0 Å². The van der Waals surface area contributed by atoms with E-state index in [9.17, 15) is 0 Å². The van der Waals surface area contributed by atoms with Crippen molar-refractivity contribution < 1.29 is 5.11 Å². The van der Waals surface area contributed by atoms with Crippen LogP contribution in [-0.4, -0.2) is 37.3 Å². The first kappa shape index (κ1) is 9.85. The molecule has 0 aliphatic rings. The number of nitrogens with zero attached hydrogens (tertiary/aromatic N) is 4. The van der Waals surface area contributed by atoms with E-state index in [0.29, 0.717) is 17.9 Å². The Morgan fingerprint density at radius 3 is 3.27 bits per heavy atom. The molecule has 0 bridgehead atoms. The van der Waals surface area contributed by atoms with Gasteiger partial charge in [0, 0.05) is 25.0 Å². The van der Waals surface area contributed by atoms with Crippen molar-refractivity contribution in [3.05, 3.63) is 18.7 Å². The van der Waals surface area contributed by atoms with Gasteiger partial charge in [-0.15, -0.1) is 10.2 Å². The summed E-state index contributed by atoms with van der Waals surface area (Å²) in [7, 11) is 0. The zero-order chi connectivity index (χ0) is 10.7. The van der Waals surface area contributed by atoms with Crippen molar-refractivity contribution in [1.82, 2.24) is 19.6 Å². The highest BCUT2D eigenvalue weighted by Gasteiger charge is 2.07. The highest BCUT2D eigenvalue weighted by atomic mass is 16.3. The molecular formula is C9H13N5O. The third-order valence-electron chi connectivity index (χ3n) is 2.16. The van der Waals surface area contributed by atoms with Crippen LogP contribution in [0.3, 0.4) is 0 Å². The van der Waals surface area contributed by atoms with Crippen molar-refractivity contribution >= 4 is 11.5 Å². The lowest BCUT2D eigenvalue weighted by Crippen LogP contribution is -2.18. The molecule has 0 aliphatic heterocycles. The van der Waals surface area contributed by atoms with E-state index in [1.807, 2.05) is 6.92 Å². The fourth-order valence-corrected chi connectivity index (χ4v) is 1.36. The number of fused-ring (bicyclic) bond motifs is 1. The summed E-state index contributed by atoms with van der Waals surface area (Å²) in [6.07, 6.45) is 5.78. The van der Waals surface area contributed by atoms with E-state index in [0.717, 1.165) is 0 Å². The molecule has 0 saturated heterocycles. The molecule has 6 heteroatoms. The average molecular weight is 207 g/mol. The highest BCUT2D eigenvalue weighted by molar-refractivity contribution is 5.61. The number of aromatic nitrogens is 4. The summed E-state index contributed by atoms with van der Waals surface area (Å²) in [5.74, 6) is 0.691. The first-order chi connectivity index (χ1) is 7.31. The lowest BCUT2D eigenvalue weighted by Gasteiger charge is -2.12. The first-order valence-electron chi connectivity index (χ1n) is 4.83. The summed E-state index contributed by atoms with van der Waals surface area (Å²) in [4.78, 5) is 4.19. The Labute approximate surface area is 87.0 Å². The van der Waals surface area contributed by atoms with E-state index >= 15 is 0 Å². The third kappa shape index (κ3) is 2.04. The summed E-state index contributed by atoms with van der Waals surface area (Å²) in [6, 6.07) is 0.158. The fraction of sp³-hybridized carbons (Fsp3) is 0.444. The first-order valence-corrected chi connectivity index (χ1v) is 4.83. The van der Waals surface area contributed by atoms with Crippen LogP contribution in [0.15, 0.2) is 18.7 Å². The van der Waals surface area contributed by atoms with Gasteiger partial charge in [0.2, 0.25) is 5.65 Å². The van der Waals surface area contributed by atoms with Crippen LogP contribution in [0.2, 0.25) is 0 Å². The van der Waals surface area contributed by atoms with E-state index in [2.05, 4.69) is 20.5 Å². The summed E-state index contributed by atoms with van der Waals surface area (Å²) in [5.41, 5.74) is 0.697. The van der Waals surface area contributed by atoms with Crippen molar-refractivity contribution in [3.8, 4) is 0 Å². The van der Waals surface area contributed by atoms with Gasteiger partial charge in [-0.3, -0.25) is 4.40 Å². The zero-order valence-electron chi connectivity index (χ0n) is 8.46. The van der Waals surface area contributed by atoms with Crippen molar-refractivity contribution in [1.29, 1.82) is 0 Å². The maximum absolute atomic E-state index is 8.79. The summed E-state index contributed by atoms with van der Waals surface area (Å²) in [6.45, 7) is 2.14. The van der Waals surface area contributed by atoms with Gasteiger partial charge in [-0.1, -0.05) is 0 Å². The predicted octanol–water partition coefficient (Wildman–Crippen LogP) is 0.307. The van der Waals surface area contributed by atoms with Crippen LogP contribution in [-0.2, 0) is 0 Å². The van der Waals surface area contributed by atoms with Gasteiger partial charge in [0.05, 0.1) is 0 Å². The zero-order valence-corrected chi connectivity index (χ0v) is 8.46. The minimum absolute atomic E-state index is 0.157. The van der Waals surface area contributed by atoms with E-state index in [1.165, 1.54) is 0 Å². The minimum atomic E-state index is 0.157. The van der Waals surface area contributed by atoms with E-state index < -0.39 is 0 Å². The lowest BCUT2D eigenvalue weighted by molar-refractivity contribution is 0.282. The molecule has 0 fully saturated rings. The lowest BCUT2D eigenvalue weighted by atomic mass is 10.2. The van der Waals surface area contributed by atoms with E-state index in [1.54, 1.807) is 23.1 Å². The second kappa shape index (κ2) is 4.22. The quantitative estimate of drug-likeness (QED) is 0.754. The molecule has 1 atom stereocenters. The van der Waals surface area contributed by atoms with Gasteiger partial charge < -0.3 is 10.4 Å². The van der Waals surface area contributed by atoms with Gasteiger partial charge in [0.15, 0.2) is 5.82 Å². The minimum Gasteiger partial charge on any atom is -0.396 e. The van der Waals surface area contributed by atoms with Gasteiger partial charge in [-0.2, -0.15) is 0 Å². The number of aliphatic hydroxyl groups is 1. The van der Waals surface area contributed by atoms with E-state index in [4.69, 9.17) is 5.11 Å². The number of anilines is 1. The number of nitrogens with one attached hydrogen (secondary N) is 1. The Balaban J connectivity index is 2.23. The average Bonchev–Trinajstić information content (AvgIpc) is 2.67. The second-order valence-corrected chi connectivity index (χ2v) is 3.40. The van der Waals surface area contributed by atoms with Crippen molar-refractivity contribution in [3.63, 3.8) is 0 Å². The molecule has 2 heterocycles. The molecule has 0 radical (unpaired) electrons. The number of aliphatic hydroxyl groups excluding tert-OH is 1. The van der Waals surface area contributed by atoms with Crippen LogP contribution in [0.25, 0.3) is 5.65 Å². The van der Waals surface area contributed by atoms with Crippen LogP contribution in [0.1, 0.15) is 13.3 Å². The van der Waals surface area contributed by atoms with Gasteiger partial charge in [-0.05, 0) is 13.3 Å². The Kier molecular flexibility index (Phi) is 2.77. The maximum Gasteiger partial charge on any atom is 0.203 e. The molecule has 1 unspecified atom stereocenters. The molecule has 2 rings (SSSR count). The van der Waals surface area contributed by atoms with Crippen LogP contribution in [0, 0.1) is 0 Å². The van der Waals surface area contributed by atoms with Crippen LogP contribution in [0.5, 0.6) is 0 Å². The molecule has 0 aromatic carbocycles. The van der Waals surface area contributed by atoms with Gasteiger partial charge in [0.1, 0.15) is 6.33 Å². The van der Waals surface area contributed by atoms with Crippen molar-refractivity contribution in [2.45, 2.75) is 19.4 Å². The molecule has 2 N–H and O–H groups in total. The monoisotopic (exact) mass is 207 g/mol. The topological polar surface area (TPSA) is 75.3 Å². The third-order valence-corrected chi connectivity index (χ3v) is 2.16. The molecule has 0 aliphatic carbocycles. The summed E-state index contributed by atoms with van der Waals surface area (Å²) in [5, 5.41) is 19.7. The Morgan fingerprint density at radius 1 is 1.60 bits per heavy atom. The molecular weight excluding hydrogens is 194 g/mol. The Hall–Kier alpha value is -1.69. The fourth-order valence-electron chi connectivity index (χ4n) is 1.36. The Morgan fingerprint density at radius 2 is 2.47 bits per heavy atom. The van der Waals surface area contributed by atoms with Crippen LogP contribution in [0.4, 0.5) is 5.82 Å². The number of hydrogen-bond acceptors (Lipinski definition) is 5. The van der Waals surface area contributed by atoms with Gasteiger partial charge in [-0.25, -0.2) is 4.98 Å². The van der Waals surface area contributed by atoms with Crippen LogP contribution >= 0.6 is 0 Å². The molecule has 15 heavy (non-hydrogen) atoms. The molecule has 6 nitrogen and oxygen atoms in total. The smallest absolute Gasteiger partial charge is 0.203 e. The predicted molar refractivity (Wildman–Crippen MR) is 55.6 cm³/mol. The SMILES string of the molecule is CC(CCO)Nc1nccn2cnnc12. The standard InChI is InChI=1S/C9H13N5O/c1-7(2-5-15)12-8-9-13-11-6-14(9)4-3-10-8/h3-4,6-7,15H,2,5H2,1H3,(H,10,12). The van der Waals surface area contributed by atoms with Crippen LogP contribution < -0.4 is 5.32 Å². The Bertz CT molecular complexity index is 441.